The molecule has 1 aromatic carbocycles. The molecule has 0 radical (unpaired) electrons. The van der Waals surface area contributed by atoms with Crippen LogP contribution in [0.2, 0.25) is 5.02 Å². The Morgan fingerprint density at radius 3 is 2.78 bits per heavy atom. The van der Waals surface area contributed by atoms with Gasteiger partial charge in [0.15, 0.2) is 0 Å². The maximum absolute atomic E-state index is 13.0. The lowest BCUT2D eigenvalue weighted by atomic mass is 10.2. The third-order valence-corrected chi connectivity index (χ3v) is 4.95. The Bertz CT molecular complexity index is 929. The maximum atomic E-state index is 13.0. The first-order valence-electron chi connectivity index (χ1n) is 8.83. The molecule has 0 unspecified atom stereocenters. The van der Waals surface area contributed by atoms with Crippen LogP contribution in [-0.2, 0) is 0 Å². The van der Waals surface area contributed by atoms with Gasteiger partial charge in [0, 0.05) is 32.4 Å². The van der Waals surface area contributed by atoms with Gasteiger partial charge in [-0.2, -0.15) is 0 Å². The van der Waals surface area contributed by atoms with Crippen molar-refractivity contribution in [2.75, 3.05) is 31.1 Å². The van der Waals surface area contributed by atoms with Crippen molar-refractivity contribution in [3.8, 4) is 5.69 Å². The molecule has 3 aromatic rings. The number of aromatic nitrogens is 4. The second kappa shape index (κ2) is 7.75. The number of nitrogens with zero attached hydrogens (tertiary/aromatic N) is 6. The Hall–Kier alpha value is -2.93. The minimum Gasteiger partial charge on any atom is -0.368 e. The Morgan fingerprint density at radius 2 is 1.96 bits per heavy atom. The monoisotopic (exact) mass is 382 g/mol. The molecule has 7 nitrogen and oxygen atoms in total. The van der Waals surface area contributed by atoms with E-state index in [1.807, 2.05) is 29.2 Å². The summed E-state index contributed by atoms with van der Waals surface area (Å²) in [5, 5.41) is 8.48. The van der Waals surface area contributed by atoms with Gasteiger partial charge in [-0.25, -0.2) is 4.68 Å². The SMILES string of the molecule is O=C(c1cncc(-n2ccnn2)c1)N1CCCN(c2ccccc2Cl)CC1. The summed E-state index contributed by atoms with van der Waals surface area (Å²) in [6.07, 6.45) is 7.45. The fourth-order valence-electron chi connectivity index (χ4n) is 3.27. The summed E-state index contributed by atoms with van der Waals surface area (Å²) in [4.78, 5) is 21.3. The fraction of sp³-hybridized carbons (Fsp3) is 0.263. The number of para-hydroxylation sites is 1. The molecule has 1 fully saturated rings. The Balaban J connectivity index is 1.49. The van der Waals surface area contributed by atoms with Gasteiger partial charge in [0.1, 0.15) is 0 Å². The van der Waals surface area contributed by atoms with Crippen molar-refractivity contribution >= 4 is 23.2 Å². The molecule has 1 amide bonds. The lowest BCUT2D eigenvalue weighted by molar-refractivity contribution is 0.0766. The molecule has 8 heteroatoms. The lowest BCUT2D eigenvalue weighted by Gasteiger charge is -2.24. The number of carbonyl (C=O) groups is 1. The number of hydrogen-bond acceptors (Lipinski definition) is 5. The summed E-state index contributed by atoms with van der Waals surface area (Å²) >= 11 is 6.33. The molecule has 138 valence electrons. The third kappa shape index (κ3) is 3.78. The van der Waals surface area contributed by atoms with E-state index >= 15 is 0 Å². The zero-order chi connectivity index (χ0) is 18.6. The highest BCUT2D eigenvalue weighted by Crippen LogP contribution is 2.26. The van der Waals surface area contributed by atoms with Gasteiger partial charge in [-0.3, -0.25) is 9.78 Å². The van der Waals surface area contributed by atoms with Gasteiger partial charge in [0.2, 0.25) is 0 Å². The van der Waals surface area contributed by atoms with Crippen molar-refractivity contribution in [3.05, 3.63) is 65.7 Å². The van der Waals surface area contributed by atoms with Crippen LogP contribution in [0.5, 0.6) is 0 Å². The van der Waals surface area contributed by atoms with Gasteiger partial charge in [-0.1, -0.05) is 28.9 Å². The molecule has 27 heavy (non-hydrogen) atoms. The number of amides is 1. The van der Waals surface area contributed by atoms with Crippen LogP contribution in [0.4, 0.5) is 5.69 Å². The van der Waals surface area contributed by atoms with Crippen LogP contribution < -0.4 is 4.90 Å². The van der Waals surface area contributed by atoms with Crippen LogP contribution in [0.15, 0.2) is 55.1 Å². The molecule has 0 bridgehead atoms. The smallest absolute Gasteiger partial charge is 0.255 e. The van der Waals surface area contributed by atoms with Gasteiger partial charge in [-0.15, -0.1) is 5.10 Å². The van der Waals surface area contributed by atoms with Crippen LogP contribution in [0.1, 0.15) is 16.8 Å². The van der Waals surface area contributed by atoms with Crippen LogP contribution in [0.25, 0.3) is 5.69 Å². The topological polar surface area (TPSA) is 67.2 Å². The predicted molar refractivity (Wildman–Crippen MR) is 103 cm³/mol. The van der Waals surface area contributed by atoms with E-state index in [1.165, 1.54) is 0 Å². The van der Waals surface area contributed by atoms with E-state index in [-0.39, 0.29) is 5.91 Å². The van der Waals surface area contributed by atoms with Crippen molar-refractivity contribution in [1.82, 2.24) is 24.9 Å². The number of carbonyl (C=O) groups excluding carboxylic acids is 1. The molecule has 0 aliphatic carbocycles. The number of rotatable bonds is 3. The van der Waals surface area contributed by atoms with E-state index in [1.54, 1.807) is 35.5 Å². The van der Waals surface area contributed by atoms with E-state index in [9.17, 15) is 4.79 Å². The summed E-state index contributed by atoms with van der Waals surface area (Å²) in [5.74, 6) is -0.0227. The van der Waals surface area contributed by atoms with Crippen molar-refractivity contribution in [3.63, 3.8) is 0 Å². The Labute approximate surface area is 162 Å². The summed E-state index contributed by atoms with van der Waals surface area (Å²) < 4.78 is 1.59. The van der Waals surface area contributed by atoms with Crippen molar-refractivity contribution < 1.29 is 4.79 Å². The maximum Gasteiger partial charge on any atom is 0.255 e. The average molecular weight is 383 g/mol. The number of benzene rings is 1. The van der Waals surface area contributed by atoms with E-state index < -0.39 is 0 Å². The van der Waals surface area contributed by atoms with E-state index in [4.69, 9.17) is 11.6 Å². The second-order valence-electron chi connectivity index (χ2n) is 6.36. The molecule has 3 heterocycles. The standard InChI is InChI=1S/C19H19ClN6O/c20-17-4-1-2-5-18(17)24-7-3-8-25(11-10-24)19(27)15-12-16(14-21-13-15)26-9-6-22-23-26/h1-2,4-6,9,12-14H,3,7-8,10-11H2. The van der Waals surface area contributed by atoms with Crippen molar-refractivity contribution in [1.29, 1.82) is 0 Å². The minimum atomic E-state index is -0.0227. The zero-order valence-electron chi connectivity index (χ0n) is 14.7. The highest BCUT2D eigenvalue weighted by atomic mass is 35.5. The van der Waals surface area contributed by atoms with Gasteiger partial charge in [0.25, 0.3) is 5.91 Å². The number of pyridine rings is 1. The first-order valence-corrected chi connectivity index (χ1v) is 9.20. The molecule has 4 rings (SSSR count). The van der Waals surface area contributed by atoms with Crippen LogP contribution >= 0.6 is 11.6 Å². The molecule has 0 atom stereocenters. The van der Waals surface area contributed by atoms with Gasteiger partial charge >= 0.3 is 0 Å². The first-order chi connectivity index (χ1) is 13.2. The Morgan fingerprint density at radius 1 is 1.07 bits per heavy atom. The normalized spacial score (nSPS) is 14.9. The predicted octanol–water partition coefficient (Wildman–Crippen LogP) is 2.67. The molecular formula is C19H19ClN6O. The van der Waals surface area contributed by atoms with E-state index in [0.717, 1.165) is 30.2 Å². The number of hydrogen-bond donors (Lipinski definition) is 0. The van der Waals surface area contributed by atoms with Gasteiger partial charge in [0.05, 0.1) is 40.6 Å². The van der Waals surface area contributed by atoms with Crippen LogP contribution in [0, 0.1) is 0 Å². The minimum absolute atomic E-state index is 0.0227. The third-order valence-electron chi connectivity index (χ3n) is 4.63. The Kier molecular flexibility index (Phi) is 5.02. The first kappa shape index (κ1) is 17.5. The van der Waals surface area contributed by atoms with Gasteiger partial charge in [-0.05, 0) is 24.6 Å². The van der Waals surface area contributed by atoms with Crippen molar-refractivity contribution in [2.24, 2.45) is 0 Å². The summed E-state index contributed by atoms with van der Waals surface area (Å²) in [6, 6.07) is 9.61. The van der Waals surface area contributed by atoms with Crippen LogP contribution in [0.3, 0.4) is 0 Å². The molecule has 2 aromatic heterocycles. The van der Waals surface area contributed by atoms with Crippen molar-refractivity contribution in [2.45, 2.75) is 6.42 Å². The zero-order valence-corrected chi connectivity index (χ0v) is 15.5. The van der Waals surface area contributed by atoms with Crippen LogP contribution in [-0.4, -0.2) is 57.0 Å². The molecular weight excluding hydrogens is 364 g/mol. The second-order valence-corrected chi connectivity index (χ2v) is 6.77. The lowest BCUT2D eigenvalue weighted by Crippen LogP contribution is -2.35. The average Bonchev–Trinajstić information content (AvgIpc) is 3.13. The highest BCUT2D eigenvalue weighted by Gasteiger charge is 2.22. The molecule has 1 saturated heterocycles. The highest BCUT2D eigenvalue weighted by molar-refractivity contribution is 6.33. The molecule has 0 N–H and O–H groups in total. The molecule has 1 aliphatic rings. The van der Waals surface area contributed by atoms with E-state index in [0.29, 0.717) is 24.3 Å². The summed E-state index contributed by atoms with van der Waals surface area (Å²) in [7, 11) is 0. The fourth-order valence-corrected chi connectivity index (χ4v) is 3.52. The molecule has 0 spiro atoms. The van der Waals surface area contributed by atoms with Gasteiger partial charge < -0.3 is 9.80 Å². The quantitative estimate of drug-likeness (QED) is 0.696. The molecule has 1 aliphatic heterocycles. The van der Waals surface area contributed by atoms with E-state index in [2.05, 4.69) is 20.2 Å². The summed E-state index contributed by atoms with van der Waals surface area (Å²) in [5.41, 5.74) is 2.28. The number of anilines is 1. The molecule has 0 saturated carbocycles. The number of halogens is 1. The summed E-state index contributed by atoms with van der Waals surface area (Å²) in [6.45, 7) is 2.95. The largest absolute Gasteiger partial charge is 0.368 e.